The minimum Gasteiger partial charge on any atom is -0.489 e. The van der Waals surface area contributed by atoms with Gasteiger partial charge in [-0.25, -0.2) is 4.79 Å². The van der Waals surface area contributed by atoms with Gasteiger partial charge in [0, 0.05) is 18.5 Å². The maximum Gasteiger partial charge on any atom is 0.328 e. The molecule has 1 aliphatic heterocycles. The fourth-order valence-electron chi connectivity index (χ4n) is 3.83. The number of amides is 1. The number of esters is 1. The number of carbonyl (C=O) groups is 2. The lowest BCUT2D eigenvalue weighted by Gasteiger charge is -2.34. The van der Waals surface area contributed by atoms with Crippen molar-refractivity contribution in [3.63, 3.8) is 0 Å². The molecule has 0 aliphatic carbocycles. The van der Waals surface area contributed by atoms with Crippen LogP contribution in [0.2, 0.25) is 0 Å². The molecule has 5 nitrogen and oxygen atoms in total. The van der Waals surface area contributed by atoms with Crippen LogP contribution in [0, 0.1) is 13.8 Å². The summed E-state index contributed by atoms with van der Waals surface area (Å²) in [5, 5.41) is 1.93. The Morgan fingerprint density at radius 3 is 2.65 bits per heavy atom. The Kier molecular flexibility index (Phi) is 6.09. The van der Waals surface area contributed by atoms with Gasteiger partial charge in [0.05, 0.1) is 12.0 Å². The number of thiophene rings is 1. The lowest BCUT2D eigenvalue weighted by Crippen LogP contribution is -2.49. The Balaban J connectivity index is 1.51. The quantitative estimate of drug-likeness (QED) is 0.546. The predicted octanol–water partition coefficient (Wildman–Crippen LogP) is 4.68. The van der Waals surface area contributed by atoms with E-state index in [1.165, 1.54) is 24.0 Å². The van der Waals surface area contributed by atoms with Crippen LogP contribution in [0.25, 0.3) is 0 Å². The minimum absolute atomic E-state index is 0.159. The maximum atomic E-state index is 13.3. The van der Waals surface area contributed by atoms with E-state index in [-0.39, 0.29) is 5.91 Å². The second-order valence-electron chi connectivity index (χ2n) is 7.75. The van der Waals surface area contributed by atoms with Crippen LogP contribution in [0.4, 0.5) is 0 Å². The van der Waals surface area contributed by atoms with Crippen LogP contribution in [0.5, 0.6) is 5.75 Å². The molecule has 1 amide bonds. The van der Waals surface area contributed by atoms with Crippen LogP contribution >= 0.6 is 11.3 Å². The molecule has 3 aromatic rings. The van der Waals surface area contributed by atoms with Gasteiger partial charge >= 0.3 is 5.97 Å². The third-order valence-corrected chi connectivity index (χ3v) is 6.76. The second-order valence-corrected chi connectivity index (χ2v) is 8.66. The number of ether oxygens (including phenoxy) is 2. The highest BCUT2D eigenvalue weighted by molar-refractivity contribution is 7.12. The molecule has 0 radical (unpaired) electrons. The lowest BCUT2D eigenvalue weighted by molar-refractivity contribution is -0.146. The summed E-state index contributed by atoms with van der Waals surface area (Å²) in [4.78, 5) is 27.9. The first kappa shape index (κ1) is 21.1. The Morgan fingerprint density at radius 1 is 1.10 bits per heavy atom. The zero-order valence-electron chi connectivity index (χ0n) is 17.9. The molecular weight excluding hydrogens is 410 g/mol. The van der Waals surface area contributed by atoms with E-state index in [4.69, 9.17) is 9.47 Å². The van der Waals surface area contributed by atoms with E-state index in [2.05, 4.69) is 13.0 Å². The molecular formula is C25H25NO4S. The van der Waals surface area contributed by atoms with Gasteiger partial charge in [0.15, 0.2) is 0 Å². The Bertz CT molecular complexity index is 1120. The molecule has 1 unspecified atom stereocenters. The molecule has 0 bridgehead atoms. The van der Waals surface area contributed by atoms with Crippen LogP contribution in [0.15, 0.2) is 53.9 Å². The van der Waals surface area contributed by atoms with Crippen molar-refractivity contribution in [3.8, 4) is 5.75 Å². The maximum absolute atomic E-state index is 13.3. The average Bonchev–Trinajstić information content (AvgIpc) is 3.27. The molecule has 31 heavy (non-hydrogen) atoms. The fraction of sp³-hybridized carbons (Fsp3) is 0.280. The molecule has 160 valence electrons. The van der Waals surface area contributed by atoms with Crippen LogP contribution in [0.3, 0.4) is 0 Å². The molecule has 0 N–H and O–H groups in total. The first-order valence-corrected chi connectivity index (χ1v) is 11.1. The van der Waals surface area contributed by atoms with Crippen LogP contribution in [-0.2, 0) is 29.1 Å². The third-order valence-electron chi connectivity index (χ3n) is 5.80. The number of carbonyl (C=O) groups excluding carboxylic acids is 2. The monoisotopic (exact) mass is 435 g/mol. The van der Waals surface area contributed by atoms with Crippen molar-refractivity contribution < 1.29 is 19.1 Å². The topological polar surface area (TPSA) is 55.8 Å². The summed E-state index contributed by atoms with van der Waals surface area (Å²) in [6.07, 6.45) is 0.461. The molecule has 1 atom stereocenters. The van der Waals surface area contributed by atoms with Crippen LogP contribution in [-0.4, -0.2) is 29.9 Å². The number of hydrogen-bond acceptors (Lipinski definition) is 5. The third kappa shape index (κ3) is 4.35. The van der Waals surface area contributed by atoms with E-state index in [0.29, 0.717) is 24.4 Å². The van der Waals surface area contributed by atoms with Gasteiger partial charge in [-0.15, -0.1) is 11.3 Å². The largest absolute Gasteiger partial charge is 0.489 e. The van der Waals surface area contributed by atoms with Gasteiger partial charge in [-0.05, 0) is 53.6 Å². The fourth-order valence-corrected chi connectivity index (χ4v) is 4.68. The van der Waals surface area contributed by atoms with E-state index in [1.807, 2.05) is 54.8 Å². The zero-order chi connectivity index (χ0) is 22.0. The van der Waals surface area contributed by atoms with Gasteiger partial charge in [-0.1, -0.05) is 36.4 Å². The number of aryl methyl sites for hydroxylation is 1. The first-order valence-electron chi connectivity index (χ1n) is 10.2. The smallest absolute Gasteiger partial charge is 0.328 e. The Morgan fingerprint density at radius 2 is 1.87 bits per heavy atom. The van der Waals surface area contributed by atoms with Crippen molar-refractivity contribution in [1.82, 2.24) is 4.90 Å². The van der Waals surface area contributed by atoms with E-state index in [1.54, 1.807) is 4.90 Å². The summed E-state index contributed by atoms with van der Waals surface area (Å²) in [5.74, 6) is 0.295. The second kappa shape index (κ2) is 8.94. The van der Waals surface area contributed by atoms with Gasteiger partial charge in [-0.2, -0.15) is 0 Å². The SMILES string of the molecule is COC(=O)C1Cc2ccccc2CN1C(=O)c1cc(COc2cccc(C)c2C)cs1. The number of benzene rings is 2. The number of methoxy groups -OCH3 is 1. The number of nitrogens with zero attached hydrogens (tertiary/aromatic N) is 1. The van der Waals surface area contributed by atoms with Crippen molar-refractivity contribution in [1.29, 1.82) is 0 Å². The van der Waals surface area contributed by atoms with Crippen LogP contribution in [0.1, 0.15) is 37.5 Å². The first-order chi connectivity index (χ1) is 15.0. The summed E-state index contributed by atoms with van der Waals surface area (Å²) in [5.41, 5.74) is 5.36. The Hall–Kier alpha value is -3.12. The van der Waals surface area contributed by atoms with Crippen molar-refractivity contribution in [2.75, 3.05) is 7.11 Å². The van der Waals surface area contributed by atoms with Crippen LogP contribution < -0.4 is 4.74 Å². The van der Waals surface area contributed by atoms with E-state index in [9.17, 15) is 9.59 Å². The normalized spacial score (nSPS) is 15.3. The molecule has 1 aromatic heterocycles. The molecule has 1 aliphatic rings. The summed E-state index contributed by atoms with van der Waals surface area (Å²) in [6.45, 7) is 4.87. The predicted molar refractivity (Wildman–Crippen MR) is 120 cm³/mol. The molecule has 0 saturated heterocycles. The highest BCUT2D eigenvalue weighted by atomic mass is 32.1. The Labute approximate surface area is 186 Å². The molecule has 0 saturated carbocycles. The molecule has 2 heterocycles. The summed E-state index contributed by atoms with van der Waals surface area (Å²) < 4.78 is 11.0. The van der Waals surface area contributed by atoms with Gasteiger partial charge in [0.2, 0.25) is 0 Å². The molecule has 0 spiro atoms. The summed E-state index contributed by atoms with van der Waals surface area (Å²) >= 11 is 1.37. The number of fused-ring (bicyclic) bond motifs is 1. The standard InChI is InChI=1S/C25H25NO4S/c1-16-7-6-10-22(17(16)2)30-14-18-11-23(31-15-18)24(27)26-13-20-9-5-4-8-19(20)12-21(26)25(28)29-3/h4-11,15,21H,12-14H2,1-3H3. The summed E-state index contributed by atoms with van der Waals surface area (Å²) in [6, 6.07) is 15.1. The average molecular weight is 436 g/mol. The molecule has 0 fully saturated rings. The lowest BCUT2D eigenvalue weighted by atomic mass is 9.93. The van der Waals surface area contributed by atoms with Gasteiger partial charge in [-0.3, -0.25) is 4.79 Å². The van der Waals surface area contributed by atoms with Crippen molar-refractivity contribution in [3.05, 3.63) is 86.6 Å². The van der Waals surface area contributed by atoms with Crippen molar-refractivity contribution in [2.45, 2.75) is 39.5 Å². The van der Waals surface area contributed by atoms with E-state index < -0.39 is 12.0 Å². The van der Waals surface area contributed by atoms with Gasteiger partial charge in [0.25, 0.3) is 5.91 Å². The van der Waals surface area contributed by atoms with E-state index in [0.717, 1.165) is 28.0 Å². The van der Waals surface area contributed by atoms with Gasteiger partial charge in [0.1, 0.15) is 18.4 Å². The highest BCUT2D eigenvalue weighted by Crippen LogP contribution is 2.28. The highest BCUT2D eigenvalue weighted by Gasteiger charge is 2.36. The minimum atomic E-state index is -0.621. The number of hydrogen-bond donors (Lipinski definition) is 0. The summed E-state index contributed by atoms with van der Waals surface area (Å²) in [7, 11) is 1.36. The zero-order valence-corrected chi connectivity index (χ0v) is 18.7. The number of rotatable bonds is 5. The van der Waals surface area contributed by atoms with E-state index >= 15 is 0 Å². The van der Waals surface area contributed by atoms with Gasteiger partial charge < -0.3 is 14.4 Å². The molecule has 2 aromatic carbocycles. The molecule has 4 rings (SSSR count). The van der Waals surface area contributed by atoms with Crippen molar-refractivity contribution in [2.24, 2.45) is 0 Å². The molecule has 6 heteroatoms. The van der Waals surface area contributed by atoms with Crippen molar-refractivity contribution >= 4 is 23.2 Å².